The maximum atomic E-state index is 10.9. The SMILES string of the molecule is CC1(O)CCCN(c2ccc(C(N)=O)cn2)C1. The normalized spacial score (nSPS) is 24.7. The quantitative estimate of drug-likeness (QED) is 0.783. The van der Waals surface area contributed by atoms with E-state index in [9.17, 15) is 9.90 Å². The first-order chi connectivity index (χ1) is 7.98. The van der Waals surface area contributed by atoms with E-state index >= 15 is 0 Å². The number of piperidine rings is 1. The van der Waals surface area contributed by atoms with Gasteiger partial charge in [0.25, 0.3) is 0 Å². The van der Waals surface area contributed by atoms with Gasteiger partial charge < -0.3 is 15.7 Å². The van der Waals surface area contributed by atoms with Crippen LogP contribution in [0.25, 0.3) is 0 Å². The molecule has 92 valence electrons. The molecular weight excluding hydrogens is 218 g/mol. The van der Waals surface area contributed by atoms with Gasteiger partial charge in [-0.05, 0) is 31.9 Å². The Kier molecular flexibility index (Phi) is 3.02. The van der Waals surface area contributed by atoms with Crippen LogP contribution in [0.3, 0.4) is 0 Å². The summed E-state index contributed by atoms with van der Waals surface area (Å²) < 4.78 is 0. The molecule has 5 heteroatoms. The Balaban J connectivity index is 2.14. The first kappa shape index (κ1) is 11.9. The summed E-state index contributed by atoms with van der Waals surface area (Å²) in [7, 11) is 0. The lowest BCUT2D eigenvalue weighted by molar-refractivity contribution is 0.0447. The van der Waals surface area contributed by atoms with E-state index < -0.39 is 11.5 Å². The minimum atomic E-state index is -0.664. The number of nitrogens with two attached hydrogens (primary N) is 1. The molecule has 1 aliphatic heterocycles. The molecule has 1 aromatic heterocycles. The van der Waals surface area contributed by atoms with Gasteiger partial charge in [-0.3, -0.25) is 4.79 Å². The van der Waals surface area contributed by atoms with Crippen LogP contribution in [0, 0.1) is 0 Å². The van der Waals surface area contributed by atoms with Crippen LogP contribution in [0.5, 0.6) is 0 Å². The predicted octanol–water partition coefficient (Wildman–Crippen LogP) is 0.532. The number of aromatic nitrogens is 1. The number of rotatable bonds is 2. The van der Waals surface area contributed by atoms with E-state index in [2.05, 4.69) is 4.98 Å². The summed E-state index contributed by atoms with van der Waals surface area (Å²) in [5, 5.41) is 10.0. The summed E-state index contributed by atoms with van der Waals surface area (Å²) >= 11 is 0. The molecule has 0 saturated carbocycles. The number of anilines is 1. The highest BCUT2D eigenvalue weighted by Gasteiger charge is 2.28. The molecule has 1 aromatic rings. The van der Waals surface area contributed by atoms with Crippen molar-refractivity contribution in [3.05, 3.63) is 23.9 Å². The zero-order valence-electron chi connectivity index (χ0n) is 9.89. The van der Waals surface area contributed by atoms with Crippen molar-refractivity contribution >= 4 is 11.7 Å². The van der Waals surface area contributed by atoms with Crippen LogP contribution < -0.4 is 10.6 Å². The van der Waals surface area contributed by atoms with E-state index in [1.807, 2.05) is 11.8 Å². The van der Waals surface area contributed by atoms with Crippen molar-refractivity contribution < 1.29 is 9.90 Å². The summed E-state index contributed by atoms with van der Waals surface area (Å²) in [4.78, 5) is 17.1. The van der Waals surface area contributed by atoms with Crippen molar-refractivity contribution in [1.82, 2.24) is 4.98 Å². The van der Waals surface area contributed by atoms with Gasteiger partial charge in [-0.15, -0.1) is 0 Å². The van der Waals surface area contributed by atoms with Gasteiger partial charge in [-0.2, -0.15) is 0 Å². The van der Waals surface area contributed by atoms with Gasteiger partial charge in [0.05, 0.1) is 11.2 Å². The van der Waals surface area contributed by atoms with Crippen molar-refractivity contribution in [1.29, 1.82) is 0 Å². The first-order valence-electron chi connectivity index (χ1n) is 5.71. The van der Waals surface area contributed by atoms with E-state index in [0.717, 1.165) is 25.2 Å². The molecule has 2 heterocycles. The smallest absolute Gasteiger partial charge is 0.250 e. The molecule has 2 rings (SSSR count). The summed E-state index contributed by atoms with van der Waals surface area (Å²) in [5.74, 6) is 0.296. The topological polar surface area (TPSA) is 79.5 Å². The third-order valence-electron chi connectivity index (χ3n) is 3.03. The van der Waals surface area contributed by atoms with Crippen LogP contribution in [0.1, 0.15) is 30.1 Å². The van der Waals surface area contributed by atoms with Gasteiger partial charge in [-0.25, -0.2) is 4.98 Å². The molecule has 0 bridgehead atoms. The maximum absolute atomic E-state index is 10.9. The average Bonchev–Trinajstić information content (AvgIpc) is 2.28. The molecule has 1 fully saturated rings. The number of nitrogens with zero attached hydrogens (tertiary/aromatic N) is 2. The summed E-state index contributed by atoms with van der Waals surface area (Å²) in [5.41, 5.74) is 4.89. The molecule has 0 radical (unpaired) electrons. The van der Waals surface area contributed by atoms with Crippen LogP contribution in [0.4, 0.5) is 5.82 Å². The van der Waals surface area contributed by atoms with Crippen LogP contribution in [0.2, 0.25) is 0 Å². The summed E-state index contributed by atoms with van der Waals surface area (Å²) in [6, 6.07) is 3.43. The van der Waals surface area contributed by atoms with Crippen LogP contribution in [0.15, 0.2) is 18.3 Å². The van der Waals surface area contributed by atoms with E-state index in [0.29, 0.717) is 12.1 Å². The van der Waals surface area contributed by atoms with Crippen molar-refractivity contribution in [2.45, 2.75) is 25.4 Å². The first-order valence-corrected chi connectivity index (χ1v) is 5.71. The molecule has 3 N–H and O–H groups in total. The maximum Gasteiger partial charge on any atom is 0.250 e. The number of β-amino-alcohol motifs (C(OH)–C–C–N with tert-alkyl or cyclic N) is 1. The zero-order valence-corrected chi connectivity index (χ0v) is 9.89. The fourth-order valence-electron chi connectivity index (χ4n) is 2.13. The van der Waals surface area contributed by atoms with E-state index in [1.54, 1.807) is 12.1 Å². The van der Waals surface area contributed by atoms with Gasteiger partial charge in [-0.1, -0.05) is 0 Å². The Bertz CT molecular complexity index is 414. The molecule has 1 aliphatic rings. The molecular formula is C12H17N3O2. The number of pyridine rings is 1. The zero-order chi connectivity index (χ0) is 12.5. The summed E-state index contributed by atoms with van der Waals surface area (Å²) in [6.07, 6.45) is 3.22. The summed E-state index contributed by atoms with van der Waals surface area (Å²) in [6.45, 7) is 3.27. The largest absolute Gasteiger partial charge is 0.388 e. The fourth-order valence-corrected chi connectivity index (χ4v) is 2.13. The number of carbonyl (C=O) groups is 1. The van der Waals surface area contributed by atoms with Crippen molar-refractivity contribution in [3.63, 3.8) is 0 Å². The minimum Gasteiger partial charge on any atom is -0.388 e. The Morgan fingerprint density at radius 3 is 2.88 bits per heavy atom. The monoisotopic (exact) mass is 235 g/mol. The Labute approximate surface area is 100 Å². The predicted molar refractivity (Wildman–Crippen MR) is 64.8 cm³/mol. The van der Waals surface area contributed by atoms with Crippen LogP contribution in [-0.2, 0) is 0 Å². The van der Waals surface area contributed by atoms with Crippen molar-refractivity contribution in [3.8, 4) is 0 Å². The number of carbonyl (C=O) groups excluding carboxylic acids is 1. The molecule has 5 nitrogen and oxygen atoms in total. The third kappa shape index (κ3) is 2.74. The number of primary amides is 1. The number of hydrogen-bond donors (Lipinski definition) is 2. The van der Waals surface area contributed by atoms with E-state index in [-0.39, 0.29) is 0 Å². The molecule has 0 aromatic carbocycles. The second-order valence-electron chi connectivity index (χ2n) is 4.79. The minimum absolute atomic E-state index is 0.400. The van der Waals surface area contributed by atoms with Crippen molar-refractivity contribution in [2.75, 3.05) is 18.0 Å². The number of aliphatic hydroxyl groups is 1. The molecule has 1 saturated heterocycles. The highest BCUT2D eigenvalue weighted by atomic mass is 16.3. The Hall–Kier alpha value is -1.62. The van der Waals surface area contributed by atoms with Gasteiger partial charge in [0.15, 0.2) is 0 Å². The Morgan fingerprint density at radius 1 is 1.59 bits per heavy atom. The van der Waals surface area contributed by atoms with Crippen molar-refractivity contribution in [2.24, 2.45) is 5.73 Å². The molecule has 1 unspecified atom stereocenters. The second-order valence-corrected chi connectivity index (χ2v) is 4.79. The number of amides is 1. The van der Waals surface area contributed by atoms with Gasteiger partial charge >= 0.3 is 0 Å². The molecule has 0 spiro atoms. The standard InChI is InChI=1S/C12H17N3O2/c1-12(17)5-2-6-15(8-12)10-4-3-9(7-14-10)11(13)16/h3-4,7,17H,2,5-6,8H2,1H3,(H2,13,16). The van der Waals surface area contributed by atoms with E-state index in [4.69, 9.17) is 5.73 Å². The lowest BCUT2D eigenvalue weighted by Crippen LogP contribution is -2.46. The van der Waals surface area contributed by atoms with Gasteiger partial charge in [0, 0.05) is 19.3 Å². The average molecular weight is 235 g/mol. The van der Waals surface area contributed by atoms with Gasteiger partial charge in [0.2, 0.25) is 5.91 Å². The number of hydrogen-bond acceptors (Lipinski definition) is 4. The highest BCUT2D eigenvalue weighted by molar-refractivity contribution is 5.92. The lowest BCUT2D eigenvalue weighted by atomic mass is 9.95. The molecule has 0 aliphatic carbocycles. The highest BCUT2D eigenvalue weighted by Crippen LogP contribution is 2.24. The third-order valence-corrected chi connectivity index (χ3v) is 3.03. The van der Waals surface area contributed by atoms with Crippen LogP contribution in [-0.4, -0.2) is 34.7 Å². The molecule has 1 atom stereocenters. The molecule has 1 amide bonds. The second kappa shape index (κ2) is 4.33. The van der Waals surface area contributed by atoms with Gasteiger partial charge in [0.1, 0.15) is 5.82 Å². The fraction of sp³-hybridized carbons (Fsp3) is 0.500. The Morgan fingerprint density at radius 2 is 2.35 bits per heavy atom. The van der Waals surface area contributed by atoms with E-state index in [1.165, 1.54) is 6.20 Å². The lowest BCUT2D eigenvalue weighted by Gasteiger charge is -2.37. The molecule has 17 heavy (non-hydrogen) atoms. The van der Waals surface area contributed by atoms with Crippen LogP contribution >= 0.6 is 0 Å².